The molecule has 0 saturated carbocycles. The smallest absolute Gasteiger partial charge is 0.287 e. The van der Waals surface area contributed by atoms with Crippen LogP contribution in [0.3, 0.4) is 0 Å². The molecule has 1 aromatic heterocycles. The summed E-state index contributed by atoms with van der Waals surface area (Å²) in [6.07, 6.45) is 0.513. The van der Waals surface area contributed by atoms with E-state index in [0.29, 0.717) is 17.7 Å². The lowest BCUT2D eigenvalue weighted by molar-refractivity contribution is 0.0908. The Hall–Kier alpha value is -2.01. The molecule has 18 heavy (non-hydrogen) atoms. The highest BCUT2D eigenvalue weighted by atomic mass is 16.3. The Morgan fingerprint density at radius 3 is 3.00 bits per heavy atom. The fourth-order valence-electron chi connectivity index (χ4n) is 1.73. The van der Waals surface area contributed by atoms with Crippen molar-refractivity contribution in [3.8, 4) is 0 Å². The largest absolute Gasteiger partial charge is 0.451 e. The Balaban J connectivity index is 2.18. The maximum atomic E-state index is 11.9. The Kier molecular flexibility index (Phi) is 3.53. The molecule has 5 nitrogen and oxygen atoms in total. The molecule has 0 aliphatic rings. The Labute approximate surface area is 105 Å². The van der Waals surface area contributed by atoms with Crippen LogP contribution in [0.5, 0.6) is 0 Å². The van der Waals surface area contributed by atoms with Gasteiger partial charge in [-0.25, -0.2) is 0 Å². The van der Waals surface area contributed by atoms with E-state index in [1.54, 1.807) is 24.3 Å². The van der Waals surface area contributed by atoms with E-state index in [9.17, 15) is 4.79 Å². The van der Waals surface area contributed by atoms with Gasteiger partial charge in [-0.2, -0.15) is 0 Å². The van der Waals surface area contributed by atoms with Crippen LogP contribution in [0.4, 0.5) is 5.69 Å². The van der Waals surface area contributed by atoms with Crippen molar-refractivity contribution < 1.29 is 14.3 Å². The topological polar surface area (TPSA) is 88.5 Å². The van der Waals surface area contributed by atoms with Crippen molar-refractivity contribution >= 4 is 22.6 Å². The minimum atomic E-state index is -0.286. The molecule has 0 bridgehead atoms. The fraction of sp³-hybridized carbons (Fsp3) is 0.308. The number of benzene rings is 1. The number of nitrogen functional groups attached to an aromatic ring is 1. The molecule has 5 heteroatoms. The Morgan fingerprint density at radius 1 is 1.50 bits per heavy atom. The molecule has 4 N–H and O–H groups in total. The number of aliphatic hydroxyl groups is 1. The average Bonchev–Trinajstić information content (AvgIpc) is 2.72. The first-order valence-corrected chi connectivity index (χ1v) is 5.81. The lowest BCUT2D eigenvalue weighted by atomic mass is 10.2. The second kappa shape index (κ2) is 5.10. The summed E-state index contributed by atoms with van der Waals surface area (Å²) < 4.78 is 5.43. The SMILES string of the molecule is CC(CCO)NC(=O)c1cc2cc(N)ccc2o1. The van der Waals surface area contributed by atoms with Crippen molar-refractivity contribution in [2.24, 2.45) is 0 Å². The summed E-state index contributed by atoms with van der Waals surface area (Å²) in [6, 6.07) is 6.78. The van der Waals surface area contributed by atoms with Crippen LogP contribution in [0.1, 0.15) is 23.9 Å². The monoisotopic (exact) mass is 248 g/mol. The minimum absolute atomic E-state index is 0.0398. The first-order valence-electron chi connectivity index (χ1n) is 5.81. The summed E-state index contributed by atoms with van der Waals surface area (Å²) in [5, 5.41) is 12.3. The van der Waals surface area contributed by atoms with Crippen molar-refractivity contribution in [1.29, 1.82) is 0 Å². The molecule has 0 aliphatic carbocycles. The van der Waals surface area contributed by atoms with E-state index in [4.69, 9.17) is 15.3 Å². The summed E-state index contributed by atoms with van der Waals surface area (Å²) in [6.45, 7) is 1.87. The number of aliphatic hydroxyl groups excluding tert-OH is 1. The number of amides is 1. The molecule has 0 radical (unpaired) electrons. The highest BCUT2D eigenvalue weighted by Gasteiger charge is 2.14. The summed E-state index contributed by atoms with van der Waals surface area (Å²) in [5.41, 5.74) is 6.92. The maximum Gasteiger partial charge on any atom is 0.287 e. The standard InChI is InChI=1S/C13H16N2O3/c1-8(4-5-16)15-13(17)12-7-9-6-10(14)2-3-11(9)18-12/h2-3,6-8,16H,4-5,14H2,1H3,(H,15,17). The predicted octanol–water partition coefficient (Wildman–Crippen LogP) is 1.52. The van der Waals surface area contributed by atoms with Crippen molar-refractivity contribution in [2.75, 3.05) is 12.3 Å². The number of carbonyl (C=O) groups excluding carboxylic acids is 1. The van der Waals surface area contributed by atoms with Gasteiger partial charge in [0, 0.05) is 23.7 Å². The van der Waals surface area contributed by atoms with Gasteiger partial charge in [-0.1, -0.05) is 0 Å². The van der Waals surface area contributed by atoms with E-state index in [1.807, 2.05) is 6.92 Å². The number of furan rings is 1. The summed E-state index contributed by atoms with van der Waals surface area (Å²) in [7, 11) is 0. The van der Waals surface area contributed by atoms with Crippen LogP contribution in [0, 0.1) is 0 Å². The highest BCUT2D eigenvalue weighted by molar-refractivity contribution is 5.96. The van der Waals surface area contributed by atoms with E-state index in [-0.39, 0.29) is 24.3 Å². The molecule has 1 amide bonds. The third-order valence-corrected chi connectivity index (χ3v) is 2.70. The van der Waals surface area contributed by atoms with Crippen LogP contribution in [0.15, 0.2) is 28.7 Å². The van der Waals surface area contributed by atoms with Gasteiger partial charge in [0.25, 0.3) is 5.91 Å². The van der Waals surface area contributed by atoms with Crippen LogP contribution >= 0.6 is 0 Å². The molecule has 2 aromatic rings. The number of fused-ring (bicyclic) bond motifs is 1. The molecule has 0 aliphatic heterocycles. The molecule has 1 atom stereocenters. The first-order chi connectivity index (χ1) is 8.60. The molecule has 0 saturated heterocycles. The zero-order valence-corrected chi connectivity index (χ0v) is 10.1. The van der Waals surface area contributed by atoms with Gasteiger partial charge < -0.3 is 20.6 Å². The molecular weight excluding hydrogens is 232 g/mol. The number of carbonyl (C=O) groups is 1. The lowest BCUT2D eigenvalue weighted by Crippen LogP contribution is -2.32. The Morgan fingerprint density at radius 2 is 2.28 bits per heavy atom. The van der Waals surface area contributed by atoms with E-state index < -0.39 is 0 Å². The van der Waals surface area contributed by atoms with Gasteiger partial charge in [0.1, 0.15) is 5.58 Å². The van der Waals surface area contributed by atoms with Gasteiger partial charge in [0.05, 0.1) is 0 Å². The number of nitrogens with two attached hydrogens (primary N) is 1. The van der Waals surface area contributed by atoms with Crippen LogP contribution < -0.4 is 11.1 Å². The lowest BCUT2D eigenvalue weighted by Gasteiger charge is -2.10. The molecular formula is C13H16N2O3. The van der Waals surface area contributed by atoms with E-state index >= 15 is 0 Å². The summed E-state index contributed by atoms with van der Waals surface area (Å²) in [4.78, 5) is 11.9. The fourth-order valence-corrected chi connectivity index (χ4v) is 1.73. The van der Waals surface area contributed by atoms with Crippen molar-refractivity contribution in [3.05, 3.63) is 30.0 Å². The molecule has 0 fully saturated rings. The zero-order chi connectivity index (χ0) is 13.1. The number of hydrogen-bond donors (Lipinski definition) is 3. The van der Waals surface area contributed by atoms with Crippen LogP contribution in [-0.4, -0.2) is 23.7 Å². The molecule has 1 unspecified atom stereocenters. The number of rotatable bonds is 4. The van der Waals surface area contributed by atoms with Crippen LogP contribution in [0.2, 0.25) is 0 Å². The number of anilines is 1. The van der Waals surface area contributed by atoms with Gasteiger partial charge in [-0.15, -0.1) is 0 Å². The third-order valence-electron chi connectivity index (χ3n) is 2.70. The average molecular weight is 248 g/mol. The number of nitrogens with one attached hydrogen (secondary N) is 1. The van der Waals surface area contributed by atoms with Gasteiger partial charge >= 0.3 is 0 Å². The van der Waals surface area contributed by atoms with Gasteiger partial charge in [0.2, 0.25) is 0 Å². The van der Waals surface area contributed by atoms with Gasteiger partial charge in [-0.05, 0) is 37.6 Å². The number of hydrogen-bond acceptors (Lipinski definition) is 4. The quantitative estimate of drug-likeness (QED) is 0.716. The van der Waals surface area contributed by atoms with Gasteiger partial charge in [0.15, 0.2) is 5.76 Å². The van der Waals surface area contributed by atoms with Crippen molar-refractivity contribution in [2.45, 2.75) is 19.4 Å². The van der Waals surface area contributed by atoms with E-state index in [0.717, 1.165) is 5.39 Å². The van der Waals surface area contributed by atoms with Crippen LogP contribution in [-0.2, 0) is 0 Å². The third kappa shape index (κ3) is 2.62. The normalized spacial score (nSPS) is 12.6. The second-order valence-corrected chi connectivity index (χ2v) is 4.29. The highest BCUT2D eigenvalue weighted by Crippen LogP contribution is 2.21. The first kappa shape index (κ1) is 12.4. The summed E-state index contributed by atoms with van der Waals surface area (Å²) in [5.74, 6) is -0.0360. The predicted molar refractivity (Wildman–Crippen MR) is 69.3 cm³/mol. The molecule has 96 valence electrons. The van der Waals surface area contributed by atoms with E-state index in [1.165, 1.54) is 0 Å². The summed E-state index contributed by atoms with van der Waals surface area (Å²) >= 11 is 0. The maximum absolute atomic E-state index is 11.9. The molecule has 0 spiro atoms. The van der Waals surface area contributed by atoms with Gasteiger partial charge in [-0.3, -0.25) is 4.79 Å². The Bertz CT molecular complexity index is 562. The van der Waals surface area contributed by atoms with E-state index in [2.05, 4.69) is 5.32 Å². The second-order valence-electron chi connectivity index (χ2n) is 4.29. The molecule has 1 heterocycles. The minimum Gasteiger partial charge on any atom is -0.451 e. The van der Waals surface area contributed by atoms with Crippen LogP contribution in [0.25, 0.3) is 11.0 Å². The molecule has 2 rings (SSSR count). The molecule has 1 aromatic carbocycles. The van der Waals surface area contributed by atoms with Crippen molar-refractivity contribution in [3.63, 3.8) is 0 Å². The van der Waals surface area contributed by atoms with Crippen molar-refractivity contribution in [1.82, 2.24) is 5.32 Å². The zero-order valence-electron chi connectivity index (χ0n) is 10.1.